The van der Waals surface area contributed by atoms with E-state index in [2.05, 4.69) is 23.7 Å². The van der Waals surface area contributed by atoms with E-state index in [4.69, 9.17) is 5.26 Å². The van der Waals surface area contributed by atoms with Crippen LogP contribution >= 0.6 is 11.3 Å². The standard InChI is InChI=1S/C9H7NS.C3H3N/c1-2-4-8(5-3-1)9-10-6-7-11-9;1-2-3-4/h1-7H;2H,1H2. The Bertz CT molecular complexity index is 426. The van der Waals surface area contributed by atoms with E-state index in [9.17, 15) is 0 Å². The fourth-order valence-electron chi connectivity index (χ4n) is 0.947. The second kappa shape index (κ2) is 6.52. The minimum Gasteiger partial charge on any atom is -0.245 e. The summed E-state index contributed by atoms with van der Waals surface area (Å²) < 4.78 is 0. The van der Waals surface area contributed by atoms with Crippen molar-refractivity contribution in [2.24, 2.45) is 0 Å². The molecule has 1 heterocycles. The summed E-state index contributed by atoms with van der Waals surface area (Å²) in [6.45, 7) is 3.12. The first kappa shape index (κ1) is 11.2. The monoisotopic (exact) mass is 214 g/mol. The summed E-state index contributed by atoms with van der Waals surface area (Å²) in [6, 6.07) is 11.9. The van der Waals surface area contributed by atoms with Crippen LogP contribution in [0.4, 0.5) is 0 Å². The lowest BCUT2D eigenvalue weighted by molar-refractivity contribution is 1.41. The first-order chi connectivity index (χ1) is 7.38. The highest BCUT2D eigenvalue weighted by molar-refractivity contribution is 7.13. The highest BCUT2D eigenvalue weighted by Gasteiger charge is 1.95. The average Bonchev–Trinajstić information content (AvgIpc) is 2.84. The molecule has 0 aliphatic rings. The number of benzene rings is 1. The van der Waals surface area contributed by atoms with Gasteiger partial charge in [-0.1, -0.05) is 36.9 Å². The Balaban J connectivity index is 0.000000245. The molecule has 2 aromatic rings. The summed E-state index contributed by atoms with van der Waals surface area (Å²) >= 11 is 1.66. The summed E-state index contributed by atoms with van der Waals surface area (Å²) in [5.74, 6) is 0. The predicted molar refractivity (Wildman–Crippen MR) is 63.4 cm³/mol. The SMILES string of the molecule is C=CC#N.c1ccc(-c2nccs2)cc1. The molecular weight excluding hydrogens is 204 g/mol. The number of nitrogens with zero attached hydrogens (tertiary/aromatic N) is 2. The van der Waals surface area contributed by atoms with Crippen LogP contribution in [0.2, 0.25) is 0 Å². The van der Waals surface area contributed by atoms with Crippen molar-refractivity contribution in [2.45, 2.75) is 0 Å². The summed E-state index contributed by atoms with van der Waals surface area (Å²) in [7, 11) is 0. The van der Waals surface area contributed by atoms with Gasteiger partial charge in [0, 0.05) is 23.2 Å². The quantitative estimate of drug-likeness (QED) is 0.681. The minimum atomic E-state index is 1.09. The molecule has 0 aliphatic carbocycles. The van der Waals surface area contributed by atoms with Crippen LogP contribution in [0, 0.1) is 11.3 Å². The maximum atomic E-state index is 7.51. The van der Waals surface area contributed by atoms with Gasteiger partial charge in [-0.3, -0.25) is 0 Å². The highest BCUT2D eigenvalue weighted by Crippen LogP contribution is 2.20. The van der Waals surface area contributed by atoms with Gasteiger partial charge in [0.05, 0.1) is 6.07 Å². The molecule has 1 aromatic heterocycles. The lowest BCUT2D eigenvalue weighted by Gasteiger charge is -1.91. The molecule has 0 bridgehead atoms. The first-order valence-electron chi connectivity index (χ1n) is 4.34. The van der Waals surface area contributed by atoms with Crippen LogP contribution in [-0.4, -0.2) is 4.98 Å². The molecule has 74 valence electrons. The second-order valence-corrected chi connectivity index (χ2v) is 3.43. The number of thiazole rings is 1. The molecule has 0 saturated heterocycles. The lowest BCUT2D eigenvalue weighted by atomic mass is 10.2. The molecule has 0 saturated carbocycles. The molecule has 0 unspecified atom stereocenters. The second-order valence-electron chi connectivity index (χ2n) is 2.54. The Morgan fingerprint density at radius 3 is 2.47 bits per heavy atom. The van der Waals surface area contributed by atoms with Crippen molar-refractivity contribution < 1.29 is 0 Å². The topological polar surface area (TPSA) is 36.7 Å². The van der Waals surface area contributed by atoms with Gasteiger partial charge in [0.15, 0.2) is 0 Å². The zero-order chi connectivity index (χ0) is 10.9. The Morgan fingerprint density at radius 2 is 2.00 bits per heavy atom. The number of hydrogen-bond acceptors (Lipinski definition) is 3. The van der Waals surface area contributed by atoms with Crippen molar-refractivity contribution in [3.8, 4) is 16.6 Å². The summed E-state index contributed by atoms with van der Waals surface area (Å²) in [6.07, 6.45) is 3.01. The minimum absolute atomic E-state index is 1.09. The van der Waals surface area contributed by atoms with Crippen LogP contribution < -0.4 is 0 Å². The van der Waals surface area contributed by atoms with Gasteiger partial charge in [-0.15, -0.1) is 11.3 Å². The van der Waals surface area contributed by atoms with Crippen molar-refractivity contribution in [3.05, 3.63) is 54.6 Å². The zero-order valence-corrected chi connectivity index (χ0v) is 8.95. The van der Waals surface area contributed by atoms with E-state index < -0.39 is 0 Å². The number of hydrogen-bond donors (Lipinski definition) is 0. The third-order valence-corrected chi connectivity index (χ3v) is 2.37. The van der Waals surface area contributed by atoms with E-state index in [-0.39, 0.29) is 0 Å². The van der Waals surface area contributed by atoms with Crippen LogP contribution in [-0.2, 0) is 0 Å². The van der Waals surface area contributed by atoms with Gasteiger partial charge in [0.1, 0.15) is 5.01 Å². The van der Waals surface area contributed by atoms with Crippen molar-refractivity contribution in [1.29, 1.82) is 5.26 Å². The van der Waals surface area contributed by atoms with Gasteiger partial charge < -0.3 is 0 Å². The van der Waals surface area contributed by atoms with E-state index in [1.165, 1.54) is 11.6 Å². The van der Waals surface area contributed by atoms with Crippen molar-refractivity contribution in [3.63, 3.8) is 0 Å². The maximum Gasteiger partial charge on any atom is 0.123 e. The molecule has 0 spiro atoms. The van der Waals surface area contributed by atoms with E-state index in [1.54, 1.807) is 17.4 Å². The molecular formula is C12H10N2S. The van der Waals surface area contributed by atoms with Crippen LogP contribution in [0.5, 0.6) is 0 Å². The fourth-order valence-corrected chi connectivity index (χ4v) is 1.59. The maximum absolute atomic E-state index is 7.51. The number of allylic oxidation sites excluding steroid dienone is 1. The van der Waals surface area contributed by atoms with Gasteiger partial charge in [-0.25, -0.2) is 4.98 Å². The third-order valence-electron chi connectivity index (χ3n) is 1.54. The molecule has 0 fully saturated rings. The normalized spacial score (nSPS) is 8.20. The lowest BCUT2D eigenvalue weighted by Crippen LogP contribution is -1.71. The van der Waals surface area contributed by atoms with Crippen molar-refractivity contribution >= 4 is 11.3 Å². The van der Waals surface area contributed by atoms with Gasteiger partial charge in [0.2, 0.25) is 0 Å². The Labute approximate surface area is 93.2 Å². The van der Waals surface area contributed by atoms with Gasteiger partial charge in [0.25, 0.3) is 0 Å². The Morgan fingerprint density at radius 1 is 1.33 bits per heavy atom. The molecule has 2 nitrogen and oxygen atoms in total. The first-order valence-corrected chi connectivity index (χ1v) is 5.22. The van der Waals surface area contributed by atoms with Gasteiger partial charge in [-0.2, -0.15) is 5.26 Å². The molecule has 0 amide bonds. The van der Waals surface area contributed by atoms with Gasteiger partial charge >= 0.3 is 0 Å². The van der Waals surface area contributed by atoms with E-state index in [1.807, 2.05) is 29.8 Å². The van der Waals surface area contributed by atoms with Crippen LogP contribution in [0.3, 0.4) is 0 Å². The summed E-state index contributed by atoms with van der Waals surface area (Å²) in [5, 5.41) is 10.6. The van der Waals surface area contributed by atoms with E-state index >= 15 is 0 Å². The third kappa shape index (κ3) is 3.75. The van der Waals surface area contributed by atoms with Crippen LogP contribution in [0.25, 0.3) is 10.6 Å². The molecule has 15 heavy (non-hydrogen) atoms. The highest BCUT2D eigenvalue weighted by atomic mass is 32.1. The average molecular weight is 214 g/mol. The Hall–Kier alpha value is -1.92. The molecule has 0 N–H and O–H groups in total. The molecule has 0 atom stereocenters. The number of rotatable bonds is 1. The van der Waals surface area contributed by atoms with Crippen LogP contribution in [0.1, 0.15) is 0 Å². The molecule has 0 radical (unpaired) electrons. The van der Waals surface area contributed by atoms with Crippen LogP contribution in [0.15, 0.2) is 54.6 Å². The van der Waals surface area contributed by atoms with Crippen molar-refractivity contribution in [2.75, 3.05) is 0 Å². The van der Waals surface area contributed by atoms with Gasteiger partial charge in [-0.05, 0) is 0 Å². The number of nitriles is 1. The molecule has 0 aliphatic heterocycles. The Kier molecular flexibility index (Phi) is 4.85. The van der Waals surface area contributed by atoms with Crippen molar-refractivity contribution in [1.82, 2.24) is 4.98 Å². The van der Waals surface area contributed by atoms with E-state index in [0.29, 0.717) is 0 Å². The summed E-state index contributed by atoms with van der Waals surface area (Å²) in [5.41, 5.74) is 1.20. The zero-order valence-electron chi connectivity index (χ0n) is 8.13. The number of aromatic nitrogens is 1. The summed E-state index contributed by atoms with van der Waals surface area (Å²) in [4.78, 5) is 4.20. The molecule has 1 aromatic carbocycles. The van der Waals surface area contributed by atoms with E-state index in [0.717, 1.165) is 5.01 Å². The molecule has 2 rings (SSSR count). The molecule has 3 heteroatoms. The fraction of sp³-hybridized carbons (Fsp3) is 0. The predicted octanol–water partition coefficient (Wildman–Crippen LogP) is 3.51. The largest absolute Gasteiger partial charge is 0.245 e. The smallest absolute Gasteiger partial charge is 0.123 e.